The van der Waals surface area contributed by atoms with E-state index in [4.69, 9.17) is 0 Å². The van der Waals surface area contributed by atoms with Gasteiger partial charge in [0, 0.05) is 24.8 Å². The van der Waals surface area contributed by atoms with Crippen LogP contribution in [-0.2, 0) is 0 Å². The van der Waals surface area contributed by atoms with Crippen LogP contribution >= 0.6 is 15.9 Å². The molecule has 1 N–H and O–H groups in total. The molecule has 1 unspecified atom stereocenters. The Hall–Kier alpha value is -0.610. The summed E-state index contributed by atoms with van der Waals surface area (Å²) in [6.45, 7) is 3.98. The van der Waals surface area contributed by atoms with Crippen LogP contribution in [0.3, 0.4) is 0 Å². The van der Waals surface area contributed by atoms with Gasteiger partial charge in [0.25, 0.3) is 0 Å². The van der Waals surface area contributed by atoms with Crippen LogP contribution in [-0.4, -0.2) is 26.2 Å². The van der Waals surface area contributed by atoms with Crippen LogP contribution in [0.4, 0.5) is 10.1 Å². The third-order valence-corrected chi connectivity index (χ3v) is 3.78. The minimum atomic E-state index is -0.189. The van der Waals surface area contributed by atoms with E-state index in [1.807, 2.05) is 20.0 Å². The molecule has 4 heteroatoms. The summed E-state index contributed by atoms with van der Waals surface area (Å²) in [5.74, 6) is -0.189. The van der Waals surface area contributed by atoms with E-state index >= 15 is 0 Å². The van der Waals surface area contributed by atoms with E-state index < -0.39 is 0 Å². The minimum absolute atomic E-state index is 0.189. The van der Waals surface area contributed by atoms with E-state index in [9.17, 15) is 4.39 Å². The van der Waals surface area contributed by atoms with Crippen LogP contribution in [0.5, 0.6) is 0 Å². The Morgan fingerprint density at radius 2 is 2.25 bits per heavy atom. The molecule has 2 nitrogen and oxygen atoms in total. The predicted octanol–water partition coefficient (Wildman–Crippen LogP) is 2.69. The van der Waals surface area contributed by atoms with Crippen molar-refractivity contribution in [2.45, 2.75) is 19.4 Å². The number of likely N-dealkylation sites (N-methyl/N-ethyl adjacent to an activating group) is 1. The maximum Gasteiger partial charge on any atom is 0.137 e. The molecule has 1 fully saturated rings. The molecule has 1 saturated heterocycles. The predicted molar refractivity (Wildman–Crippen MR) is 68.5 cm³/mol. The molecule has 1 aliphatic heterocycles. The Morgan fingerprint density at radius 1 is 1.50 bits per heavy atom. The first-order chi connectivity index (χ1) is 7.61. The molecule has 0 radical (unpaired) electrons. The van der Waals surface area contributed by atoms with Crippen LogP contribution in [0, 0.1) is 12.7 Å². The molecule has 1 aromatic rings. The summed E-state index contributed by atoms with van der Waals surface area (Å²) in [4.78, 5) is 2.31. The molecule has 2 rings (SSSR count). The molecular formula is C12H16BrFN2. The molecule has 1 atom stereocenters. The van der Waals surface area contributed by atoms with E-state index in [1.165, 1.54) is 0 Å². The normalized spacial score (nSPS) is 20.5. The van der Waals surface area contributed by atoms with Gasteiger partial charge in [-0.15, -0.1) is 0 Å². The second kappa shape index (κ2) is 4.72. The minimum Gasteiger partial charge on any atom is -0.370 e. The number of nitrogens with zero attached hydrogens (tertiary/aromatic N) is 1. The number of hydrogen-bond acceptors (Lipinski definition) is 2. The van der Waals surface area contributed by atoms with Gasteiger partial charge in [-0.2, -0.15) is 0 Å². The molecule has 0 bridgehead atoms. The van der Waals surface area contributed by atoms with Crippen molar-refractivity contribution in [2.24, 2.45) is 0 Å². The van der Waals surface area contributed by atoms with Gasteiger partial charge in [-0.25, -0.2) is 4.39 Å². The number of anilines is 1. The van der Waals surface area contributed by atoms with Crippen molar-refractivity contribution < 1.29 is 4.39 Å². The van der Waals surface area contributed by atoms with Gasteiger partial charge in [-0.3, -0.25) is 0 Å². The van der Waals surface area contributed by atoms with Gasteiger partial charge in [0.1, 0.15) is 5.82 Å². The van der Waals surface area contributed by atoms with Crippen molar-refractivity contribution in [3.05, 3.63) is 28.0 Å². The third-order valence-electron chi connectivity index (χ3n) is 3.18. The van der Waals surface area contributed by atoms with Gasteiger partial charge in [-0.1, -0.05) is 0 Å². The Morgan fingerprint density at radius 3 is 2.88 bits per heavy atom. The summed E-state index contributed by atoms with van der Waals surface area (Å²) in [5, 5.41) is 3.28. The highest BCUT2D eigenvalue weighted by molar-refractivity contribution is 9.10. The zero-order valence-corrected chi connectivity index (χ0v) is 11.1. The van der Waals surface area contributed by atoms with Gasteiger partial charge in [0.05, 0.1) is 4.47 Å². The largest absolute Gasteiger partial charge is 0.370 e. The highest BCUT2D eigenvalue weighted by atomic mass is 79.9. The average molecular weight is 287 g/mol. The van der Waals surface area contributed by atoms with Crippen LogP contribution in [0.25, 0.3) is 0 Å². The van der Waals surface area contributed by atoms with Crippen LogP contribution in [0.15, 0.2) is 16.6 Å². The fourth-order valence-electron chi connectivity index (χ4n) is 2.19. The van der Waals surface area contributed by atoms with Crippen molar-refractivity contribution in [3.8, 4) is 0 Å². The van der Waals surface area contributed by atoms with Gasteiger partial charge in [0.2, 0.25) is 0 Å². The van der Waals surface area contributed by atoms with Crippen molar-refractivity contribution in [1.82, 2.24) is 5.32 Å². The number of benzene rings is 1. The smallest absolute Gasteiger partial charge is 0.137 e. The van der Waals surface area contributed by atoms with Gasteiger partial charge in [-0.05, 0) is 54.0 Å². The maximum atomic E-state index is 13.3. The Balaban J connectivity index is 2.24. The molecule has 0 spiro atoms. The van der Waals surface area contributed by atoms with Crippen molar-refractivity contribution in [2.75, 3.05) is 25.0 Å². The number of aryl methyl sites for hydroxylation is 1. The van der Waals surface area contributed by atoms with E-state index in [0.717, 1.165) is 30.8 Å². The zero-order valence-electron chi connectivity index (χ0n) is 9.56. The zero-order chi connectivity index (χ0) is 11.7. The lowest BCUT2D eigenvalue weighted by Crippen LogP contribution is -2.29. The first-order valence-corrected chi connectivity index (χ1v) is 6.29. The lowest BCUT2D eigenvalue weighted by Gasteiger charge is -2.21. The molecule has 1 aromatic carbocycles. The van der Waals surface area contributed by atoms with Gasteiger partial charge >= 0.3 is 0 Å². The Labute approximate surface area is 104 Å². The summed E-state index contributed by atoms with van der Waals surface area (Å²) in [6, 6.07) is 4.01. The monoisotopic (exact) mass is 286 g/mol. The van der Waals surface area contributed by atoms with Crippen LogP contribution in [0.2, 0.25) is 0 Å². The van der Waals surface area contributed by atoms with E-state index in [2.05, 4.69) is 26.1 Å². The first kappa shape index (κ1) is 11.9. The topological polar surface area (TPSA) is 15.3 Å². The number of hydrogen-bond donors (Lipinski definition) is 1. The summed E-state index contributed by atoms with van der Waals surface area (Å²) in [6.07, 6.45) is 1.14. The molecule has 16 heavy (non-hydrogen) atoms. The van der Waals surface area contributed by atoms with Crippen LogP contribution in [0.1, 0.15) is 12.0 Å². The third kappa shape index (κ3) is 2.23. The second-order valence-corrected chi connectivity index (χ2v) is 5.13. The van der Waals surface area contributed by atoms with Crippen molar-refractivity contribution in [3.63, 3.8) is 0 Å². The van der Waals surface area contributed by atoms with Gasteiger partial charge in [0.15, 0.2) is 0 Å². The van der Waals surface area contributed by atoms with Crippen LogP contribution < -0.4 is 10.2 Å². The first-order valence-electron chi connectivity index (χ1n) is 5.49. The number of nitrogens with one attached hydrogen (secondary N) is 1. The fraction of sp³-hybridized carbons (Fsp3) is 0.500. The molecule has 0 aromatic heterocycles. The van der Waals surface area contributed by atoms with E-state index in [1.54, 1.807) is 6.07 Å². The number of rotatable bonds is 2. The molecule has 88 valence electrons. The average Bonchev–Trinajstić information content (AvgIpc) is 2.71. The van der Waals surface area contributed by atoms with E-state index in [0.29, 0.717) is 10.5 Å². The Kier molecular flexibility index (Phi) is 3.50. The Bertz CT molecular complexity index is 395. The van der Waals surface area contributed by atoms with Crippen molar-refractivity contribution >= 4 is 21.6 Å². The molecule has 0 aliphatic carbocycles. The highest BCUT2D eigenvalue weighted by Crippen LogP contribution is 2.29. The maximum absolute atomic E-state index is 13.3. The molecule has 1 heterocycles. The summed E-state index contributed by atoms with van der Waals surface area (Å²) in [7, 11) is 1.99. The highest BCUT2D eigenvalue weighted by Gasteiger charge is 2.22. The van der Waals surface area contributed by atoms with Gasteiger partial charge < -0.3 is 10.2 Å². The lowest BCUT2D eigenvalue weighted by atomic mass is 10.2. The lowest BCUT2D eigenvalue weighted by molar-refractivity contribution is 0.615. The molecular weight excluding hydrogens is 271 g/mol. The standard InChI is InChI=1S/C12H16BrFN2/c1-8-5-11(14)10(13)6-12(8)16-4-3-9(7-16)15-2/h5-6,9,15H,3-4,7H2,1-2H3. The molecule has 0 saturated carbocycles. The molecule has 0 amide bonds. The summed E-state index contributed by atoms with van der Waals surface area (Å²) >= 11 is 3.24. The van der Waals surface area contributed by atoms with Crippen molar-refractivity contribution in [1.29, 1.82) is 0 Å². The SMILES string of the molecule is CNC1CCN(c2cc(Br)c(F)cc2C)C1. The summed E-state index contributed by atoms with van der Waals surface area (Å²) < 4.78 is 13.9. The van der Waals surface area contributed by atoms with E-state index in [-0.39, 0.29) is 5.82 Å². The number of halogens is 2. The second-order valence-electron chi connectivity index (χ2n) is 4.27. The fourth-order valence-corrected chi connectivity index (χ4v) is 2.52. The summed E-state index contributed by atoms with van der Waals surface area (Å²) in [5.41, 5.74) is 2.13. The quantitative estimate of drug-likeness (QED) is 0.899. The molecule has 1 aliphatic rings.